The number of benzene rings is 1. The van der Waals surface area contributed by atoms with E-state index in [1.54, 1.807) is 24.3 Å². The number of aryl methyl sites for hydroxylation is 1. The summed E-state index contributed by atoms with van der Waals surface area (Å²) in [6.45, 7) is 3.58. The van der Waals surface area contributed by atoms with Gasteiger partial charge in [0.15, 0.2) is 5.78 Å². The molecule has 0 spiro atoms. The molecule has 0 fully saturated rings. The SMILES string of the molecule is CC(=O)c1ccccc1NC(=O)c1c(O)c2c3c(sc2[nH]c1=O)C[C@@H](C)CC3. The molecule has 1 aliphatic rings. The van der Waals surface area contributed by atoms with Gasteiger partial charge in [0.2, 0.25) is 0 Å². The van der Waals surface area contributed by atoms with E-state index in [-0.39, 0.29) is 17.1 Å². The Labute approximate surface area is 165 Å². The molecule has 0 saturated carbocycles. The number of Topliss-reactive ketones (excluding diaryl/α,β-unsaturated/α-hetero) is 1. The maximum Gasteiger partial charge on any atom is 0.265 e. The summed E-state index contributed by atoms with van der Waals surface area (Å²) in [6.07, 6.45) is 2.72. The number of aromatic nitrogens is 1. The zero-order valence-corrected chi connectivity index (χ0v) is 16.4. The number of anilines is 1. The zero-order valence-electron chi connectivity index (χ0n) is 15.6. The largest absolute Gasteiger partial charge is 0.506 e. The fourth-order valence-electron chi connectivity index (χ4n) is 3.78. The second kappa shape index (κ2) is 6.91. The summed E-state index contributed by atoms with van der Waals surface area (Å²) in [5.74, 6) is -0.673. The van der Waals surface area contributed by atoms with E-state index in [1.807, 2.05) is 0 Å². The molecule has 0 saturated heterocycles. The number of ketones is 1. The van der Waals surface area contributed by atoms with Gasteiger partial charge in [-0.25, -0.2) is 0 Å². The third-order valence-electron chi connectivity index (χ3n) is 5.22. The first-order valence-electron chi connectivity index (χ1n) is 9.17. The van der Waals surface area contributed by atoms with Crippen molar-refractivity contribution >= 4 is 38.9 Å². The van der Waals surface area contributed by atoms with Crippen LogP contribution in [0.4, 0.5) is 5.69 Å². The number of aromatic amines is 1. The van der Waals surface area contributed by atoms with E-state index >= 15 is 0 Å². The van der Waals surface area contributed by atoms with E-state index in [9.17, 15) is 19.5 Å². The van der Waals surface area contributed by atoms with Crippen molar-refractivity contribution in [2.45, 2.75) is 33.1 Å². The smallest absolute Gasteiger partial charge is 0.265 e. The van der Waals surface area contributed by atoms with Crippen LogP contribution in [0.3, 0.4) is 0 Å². The molecule has 1 atom stereocenters. The van der Waals surface area contributed by atoms with E-state index < -0.39 is 11.5 Å². The van der Waals surface area contributed by atoms with Gasteiger partial charge in [-0.3, -0.25) is 14.4 Å². The maximum absolute atomic E-state index is 12.8. The predicted octanol–water partition coefficient (Wildman–Crippen LogP) is 3.87. The number of carbonyl (C=O) groups is 2. The van der Waals surface area contributed by atoms with Crippen LogP contribution < -0.4 is 10.9 Å². The van der Waals surface area contributed by atoms with Crippen molar-refractivity contribution in [3.05, 3.63) is 56.2 Å². The van der Waals surface area contributed by atoms with E-state index in [0.717, 1.165) is 29.7 Å². The number of nitrogens with one attached hydrogen (secondary N) is 2. The van der Waals surface area contributed by atoms with E-state index in [1.165, 1.54) is 18.3 Å². The van der Waals surface area contributed by atoms with Gasteiger partial charge in [0.05, 0.1) is 11.1 Å². The highest BCUT2D eigenvalue weighted by atomic mass is 32.1. The average Bonchev–Trinajstić information content (AvgIpc) is 2.99. The lowest BCUT2D eigenvalue weighted by atomic mass is 9.89. The summed E-state index contributed by atoms with van der Waals surface area (Å²) in [6, 6.07) is 6.57. The Bertz CT molecular complexity index is 1180. The topological polar surface area (TPSA) is 99.3 Å². The summed E-state index contributed by atoms with van der Waals surface area (Å²) in [4.78, 5) is 41.6. The van der Waals surface area contributed by atoms with Crippen LogP contribution in [-0.2, 0) is 12.8 Å². The van der Waals surface area contributed by atoms with Crippen LogP contribution in [0.15, 0.2) is 29.1 Å². The Morgan fingerprint density at radius 1 is 1.29 bits per heavy atom. The molecular weight excluding hydrogens is 376 g/mol. The Kier molecular flexibility index (Phi) is 4.55. The zero-order chi connectivity index (χ0) is 20.0. The lowest BCUT2D eigenvalue weighted by Gasteiger charge is -2.18. The lowest BCUT2D eigenvalue weighted by molar-refractivity contribution is 0.101. The highest BCUT2D eigenvalue weighted by Crippen LogP contribution is 2.41. The predicted molar refractivity (Wildman–Crippen MR) is 110 cm³/mol. The van der Waals surface area contributed by atoms with Crippen molar-refractivity contribution < 1.29 is 14.7 Å². The van der Waals surface area contributed by atoms with Crippen molar-refractivity contribution in [3.63, 3.8) is 0 Å². The number of H-pyrrole nitrogens is 1. The molecule has 0 aliphatic heterocycles. The normalized spacial score (nSPS) is 16.0. The van der Waals surface area contributed by atoms with Crippen molar-refractivity contribution in [2.24, 2.45) is 5.92 Å². The molecule has 7 heteroatoms. The molecule has 1 aliphatic carbocycles. The first-order valence-corrected chi connectivity index (χ1v) is 9.99. The Morgan fingerprint density at radius 3 is 2.79 bits per heavy atom. The quantitative estimate of drug-likeness (QED) is 0.585. The number of fused-ring (bicyclic) bond motifs is 3. The molecule has 1 aromatic carbocycles. The minimum atomic E-state index is -0.738. The molecule has 0 radical (unpaired) electrons. The maximum atomic E-state index is 12.8. The Hall–Kier alpha value is -2.93. The van der Waals surface area contributed by atoms with Crippen LogP contribution in [0.25, 0.3) is 10.2 Å². The van der Waals surface area contributed by atoms with Crippen molar-refractivity contribution in [1.82, 2.24) is 4.98 Å². The van der Waals surface area contributed by atoms with E-state index in [0.29, 0.717) is 27.4 Å². The van der Waals surface area contributed by atoms with Crippen LogP contribution in [0.2, 0.25) is 0 Å². The summed E-state index contributed by atoms with van der Waals surface area (Å²) in [5.41, 5.74) is 0.694. The van der Waals surface area contributed by atoms with Crippen LogP contribution >= 0.6 is 11.3 Å². The molecule has 0 unspecified atom stereocenters. The van der Waals surface area contributed by atoms with Gasteiger partial charge in [0.25, 0.3) is 11.5 Å². The standard InChI is InChI=1S/C21H20N2O4S/c1-10-7-8-13-15(9-10)28-21-16(13)18(25)17(20(27)23-21)19(26)22-14-6-4-3-5-12(14)11(2)24/h3-6,10H,7-9H2,1-2H3,(H,22,26)(H2,23,25,27)/t10-/m0/s1. The molecule has 4 rings (SSSR count). The van der Waals surface area contributed by atoms with Gasteiger partial charge in [0.1, 0.15) is 16.1 Å². The van der Waals surface area contributed by atoms with Crippen molar-refractivity contribution in [3.8, 4) is 5.75 Å². The van der Waals surface area contributed by atoms with Gasteiger partial charge in [-0.2, -0.15) is 0 Å². The molecule has 3 aromatic rings. The summed E-state index contributed by atoms with van der Waals surface area (Å²) in [5, 5.41) is 14.0. The number of pyridine rings is 1. The summed E-state index contributed by atoms with van der Waals surface area (Å²) in [7, 11) is 0. The second-order valence-corrected chi connectivity index (χ2v) is 8.39. The molecule has 6 nitrogen and oxygen atoms in total. The fraction of sp³-hybridized carbons (Fsp3) is 0.286. The van der Waals surface area contributed by atoms with E-state index in [4.69, 9.17) is 0 Å². The van der Waals surface area contributed by atoms with Gasteiger partial charge in [-0.1, -0.05) is 19.1 Å². The average molecular weight is 396 g/mol. The van der Waals surface area contributed by atoms with Crippen LogP contribution in [0.5, 0.6) is 5.75 Å². The number of thiophene rings is 1. The van der Waals surface area contributed by atoms with Gasteiger partial charge in [0, 0.05) is 10.4 Å². The van der Waals surface area contributed by atoms with E-state index in [2.05, 4.69) is 17.2 Å². The number of amides is 1. The third kappa shape index (κ3) is 3.01. The molecular formula is C21H20N2O4S. The second-order valence-electron chi connectivity index (χ2n) is 7.29. The first kappa shape index (κ1) is 18.4. The molecule has 2 aromatic heterocycles. The number of para-hydroxylation sites is 1. The van der Waals surface area contributed by atoms with Crippen molar-refractivity contribution in [2.75, 3.05) is 5.32 Å². The molecule has 144 valence electrons. The number of aromatic hydroxyl groups is 1. The lowest BCUT2D eigenvalue weighted by Crippen LogP contribution is -2.24. The number of rotatable bonds is 3. The third-order valence-corrected chi connectivity index (χ3v) is 6.39. The highest BCUT2D eigenvalue weighted by molar-refractivity contribution is 7.18. The minimum Gasteiger partial charge on any atom is -0.506 e. The Balaban J connectivity index is 1.80. The van der Waals surface area contributed by atoms with Crippen LogP contribution in [-0.4, -0.2) is 21.8 Å². The van der Waals surface area contributed by atoms with Gasteiger partial charge < -0.3 is 15.4 Å². The molecule has 0 bridgehead atoms. The monoisotopic (exact) mass is 396 g/mol. The van der Waals surface area contributed by atoms with Crippen LogP contribution in [0.1, 0.15) is 51.4 Å². The molecule has 1 amide bonds. The highest BCUT2D eigenvalue weighted by Gasteiger charge is 2.27. The summed E-state index contributed by atoms with van der Waals surface area (Å²) < 4.78 is 0. The van der Waals surface area contributed by atoms with Crippen molar-refractivity contribution in [1.29, 1.82) is 0 Å². The summed E-state index contributed by atoms with van der Waals surface area (Å²) >= 11 is 1.47. The molecule has 28 heavy (non-hydrogen) atoms. The Morgan fingerprint density at radius 2 is 2.04 bits per heavy atom. The minimum absolute atomic E-state index is 0.203. The molecule has 2 heterocycles. The number of hydrogen-bond donors (Lipinski definition) is 3. The van der Waals surface area contributed by atoms with Gasteiger partial charge >= 0.3 is 0 Å². The first-order chi connectivity index (χ1) is 13.4. The number of hydrogen-bond acceptors (Lipinski definition) is 5. The fourth-order valence-corrected chi connectivity index (χ4v) is 5.19. The van der Waals surface area contributed by atoms with Gasteiger partial charge in [-0.15, -0.1) is 11.3 Å². The molecule has 3 N–H and O–H groups in total. The van der Waals surface area contributed by atoms with Gasteiger partial charge in [-0.05, 0) is 49.8 Å². The van der Waals surface area contributed by atoms with Crippen LogP contribution in [0, 0.1) is 5.92 Å². The number of carbonyl (C=O) groups excluding carboxylic acids is 2.